The lowest BCUT2D eigenvalue weighted by atomic mass is 10.0. The molecule has 1 unspecified atom stereocenters. The molecule has 0 amide bonds. The van der Waals surface area contributed by atoms with Gasteiger partial charge < -0.3 is 0 Å². The number of hydrogen-bond acceptors (Lipinski definition) is 1. The zero-order valence-electron chi connectivity index (χ0n) is 12.3. The number of nitrogens with zero attached hydrogens (tertiary/aromatic N) is 1. The largest absolute Gasteiger partial charge is 0.263 e. The first kappa shape index (κ1) is 16.1. The highest BCUT2D eigenvalue weighted by Crippen LogP contribution is 2.19. The fourth-order valence-corrected chi connectivity index (χ4v) is 1.59. The van der Waals surface area contributed by atoms with Gasteiger partial charge in [-0.25, -0.2) is 0 Å². The summed E-state index contributed by atoms with van der Waals surface area (Å²) < 4.78 is 0. The molecule has 0 rings (SSSR count). The summed E-state index contributed by atoms with van der Waals surface area (Å²) in [5.41, 5.74) is 3.62. The van der Waals surface area contributed by atoms with Crippen molar-refractivity contribution in [1.82, 2.24) is 0 Å². The van der Waals surface area contributed by atoms with E-state index in [2.05, 4.69) is 47.3 Å². The first-order valence-electron chi connectivity index (χ1n) is 6.95. The minimum Gasteiger partial charge on any atom is -0.263 e. The SMILES string of the molecule is C=C(/C=C(/CC(C)CC)N=C(C)CC)CCC. The fourth-order valence-electron chi connectivity index (χ4n) is 1.59. The van der Waals surface area contributed by atoms with Crippen molar-refractivity contribution in [3.8, 4) is 0 Å². The average molecular weight is 235 g/mol. The van der Waals surface area contributed by atoms with E-state index in [1.165, 1.54) is 23.4 Å². The predicted molar refractivity (Wildman–Crippen MR) is 79.6 cm³/mol. The van der Waals surface area contributed by atoms with Crippen LogP contribution in [0.15, 0.2) is 28.9 Å². The summed E-state index contributed by atoms with van der Waals surface area (Å²) in [6, 6.07) is 0. The molecular formula is C16H29N. The highest BCUT2D eigenvalue weighted by Gasteiger charge is 2.04. The number of aliphatic imine (C=N–C) groups is 1. The van der Waals surface area contributed by atoms with Crippen LogP contribution in [-0.2, 0) is 0 Å². The van der Waals surface area contributed by atoms with E-state index in [9.17, 15) is 0 Å². The standard InChI is InChI=1S/C16H29N/c1-7-10-14(5)12-16(11-13(4)8-2)17-15(6)9-3/h12-13H,5,7-11H2,1-4,6H3/b16-12-,17-15?. The van der Waals surface area contributed by atoms with Crippen LogP contribution in [0.1, 0.15) is 66.7 Å². The molecule has 0 aliphatic carbocycles. The zero-order valence-corrected chi connectivity index (χ0v) is 12.3. The number of allylic oxidation sites excluding steroid dienone is 3. The number of rotatable bonds is 8. The van der Waals surface area contributed by atoms with Crippen molar-refractivity contribution in [3.63, 3.8) is 0 Å². The third kappa shape index (κ3) is 7.95. The summed E-state index contributed by atoms with van der Waals surface area (Å²) in [5.74, 6) is 0.698. The molecule has 0 saturated heterocycles. The zero-order chi connectivity index (χ0) is 13.3. The van der Waals surface area contributed by atoms with Crippen LogP contribution >= 0.6 is 0 Å². The van der Waals surface area contributed by atoms with E-state index in [1.54, 1.807) is 0 Å². The van der Waals surface area contributed by atoms with Crippen molar-refractivity contribution in [2.24, 2.45) is 10.9 Å². The third-order valence-electron chi connectivity index (χ3n) is 3.04. The van der Waals surface area contributed by atoms with E-state index >= 15 is 0 Å². The molecule has 0 radical (unpaired) electrons. The first-order chi connectivity index (χ1) is 8.03. The van der Waals surface area contributed by atoms with Crippen LogP contribution in [0.2, 0.25) is 0 Å². The van der Waals surface area contributed by atoms with E-state index in [1.807, 2.05) is 0 Å². The molecule has 0 aromatic carbocycles. The van der Waals surface area contributed by atoms with Crippen molar-refractivity contribution < 1.29 is 0 Å². The van der Waals surface area contributed by atoms with E-state index in [-0.39, 0.29) is 0 Å². The smallest absolute Gasteiger partial charge is 0.0408 e. The molecule has 17 heavy (non-hydrogen) atoms. The molecule has 0 aliphatic rings. The maximum Gasteiger partial charge on any atom is 0.0408 e. The lowest BCUT2D eigenvalue weighted by Gasteiger charge is -2.10. The minimum absolute atomic E-state index is 0.698. The van der Waals surface area contributed by atoms with E-state index in [0.717, 1.165) is 25.7 Å². The molecule has 0 aromatic heterocycles. The van der Waals surface area contributed by atoms with Gasteiger partial charge in [0, 0.05) is 11.4 Å². The van der Waals surface area contributed by atoms with Gasteiger partial charge in [-0.1, -0.05) is 52.7 Å². The van der Waals surface area contributed by atoms with Crippen molar-refractivity contribution in [2.75, 3.05) is 0 Å². The normalized spacial score (nSPS) is 14.9. The van der Waals surface area contributed by atoms with Gasteiger partial charge in [0.05, 0.1) is 0 Å². The topological polar surface area (TPSA) is 12.4 Å². The van der Waals surface area contributed by atoms with Crippen LogP contribution in [0.5, 0.6) is 0 Å². The van der Waals surface area contributed by atoms with Gasteiger partial charge in [-0.05, 0) is 38.2 Å². The summed E-state index contributed by atoms with van der Waals surface area (Å²) in [6.45, 7) is 15.1. The molecular weight excluding hydrogens is 206 g/mol. The van der Waals surface area contributed by atoms with Crippen molar-refractivity contribution in [2.45, 2.75) is 66.7 Å². The lowest BCUT2D eigenvalue weighted by Crippen LogP contribution is -1.97. The summed E-state index contributed by atoms with van der Waals surface area (Å²) in [5, 5.41) is 0. The number of hydrogen-bond donors (Lipinski definition) is 0. The van der Waals surface area contributed by atoms with Crippen LogP contribution in [0.4, 0.5) is 0 Å². The Bertz CT molecular complexity index is 284. The Labute approximate surface area is 108 Å². The summed E-state index contributed by atoms with van der Waals surface area (Å²) >= 11 is 0. The monoisotopic (exact) mass is 235 g/mol. The Morgan fingerprint density at radius 3 is 2.41 bits per heavy atom. The van der Waals surface area contributed by atoms with Crippen LogP contribution in [-0.4, -0.2) is 5.71 Å². The molecule has 0 N–H and O–H groups in total. The Balaban J connectivity index is 4.78. The average Bonchev–Trinajstić information content (AvgIpc) is 2.28. The Hall–Kier alpha value is -0.850. The quantitative estimate of drug-likeness (QED) is 0.387. The summed E-state index contributed by atoms with van der Waals surface area (Å²) in [4.78, 5) is 4.72. The van der Waals surface area contributed by atoms with Gasteiger partial charge in [0.2, 0.25) is 0 Å². The van der Waals surface area contributed by atoms with E-state index in [4.69, 9.17) is 4.99 Å². The van der Waals surface area contributed by atoms with Crippen LogP contribution in [0.3, 0.4) is 0 Å². The predicted octanol–water partition coefficient (Wildman–Crippen LogP) is 5.53. The Morgan fingerprint density at radius 2 is 1.94 bits per heavy atom. The maximum absolute atomic E-state index is 4.72. The molecule has 0 aromatic rings. The van der Waals surface area contributed by atoms with E-state index < -0.39 is 0 Å². The van der Waals surface area contributed by atoms with Gasteiger partial charge in [-0.15, -0.1) is 0 Å². The molecule has 1 nitrogen and oxygen atoms in total. The van der Waals surface area contributed by atoms with Crippen LogP contribution in [0, 0.1) is 5.92 Å². The van der Waals surface area contributed by atoms with Gasteiger partial charge in [0.25, 0.3) is 0 Å². The van der Waals surface area contributed by atoms with Crippen molar-refractivity contribution in [1.29, 1.82) is 0 Å². The molecule has 0 aliphatic heterocycles. The third-order valence-corrected chi connectivity index (χ3v) is 3.04. The Morgan fingerprint density at radius 1 is 1.29 bits per heavy atom. The van der Waals surface area contributed by atoms with Gasteiger partial charge in [-0.2, -0.15) is 0 Å². The Kier molecular flexibility index (Phi) is 8.75. The second kappa shape index (κ2) is 9.21. The molecule has 0 fully saturated rings. The highest BCUT2D eigenvalue weighted by atomic mass is 14.8. The fraction of sp³-hybridized carbons (Fsp3) is 0.688. The molecule has 1 heteroatoms. The molecule has 0 spiro atoms. The van der Waals surface area contributed by atoms with Crippen molar-refractivity contribution >= 4 is 5.71 Å². The second-order valence-corrected chi connectivity index (χ2v) is 4.96. The van der Waals surface area contributed by atoms with Crippen LogP contribution in [0.25, 0.3) is 0 Å². The minimum atomic E-state index is 0.698. The first-order valence-corrected chi connectivity index (χ1v) is 6.95. The van der Waals surface area contributed by atoms with Gasteiger partial charge in [0.15, 0.2) is 0 Å². The maximum atomic E-state index is 4.72. The van der Waals surface area contributed by atoms with Gasteiger partial charge in [0.1, 0.15) is 0 Å². The van der Waals surface area contributed by atoms with Crippen LogP contribution < -0.4 is 0 Å². The summed E-state index contributed by atoms with van der Waals surface area (Å²) in [6.07, 6.45) is 7.72. The molecule has 1 atom stereocenters. The lowest BCUT2D eigenvalue weighted by molar-refractivity contribution is 0.554. The molecule has 0 heterocycles. The summed E-state index contributed by atoms with van der Waals surface area (Å²) in [7, 11) is 0. The van der Waals surface area contributed by atoms with E-state index in [0.29, 0.717) is 5.92 Å². The molecule has 0 saturated carbocycles. The highest BCUT2D eigenvalue weighted by molar-refractivity contribution is 5.82. The second-order valence-electron chi connectivity index (χ2n) is 4.96. The van der Waals surface area contributed by atoms with Gasteiger partial charge in [-0.3, -0.25) is 4.99 Å². The van der Waals surface area contributed by atoms with Gasteiger partial charge >= 0.3 is 0 Å². The molecule has 0 bridgehead atoms. The van der Waals surface area contributed by atoms with Crippen molar-refractivity contribution in [3.05, 3.63) is 23.9 Å². The molecule has 98 valence electrons.